The Kier molecular flexibility index (Phi) is 1.35. The largest absolute Gasteiger partial charge is 0.295 e. The van der Waals surface area contributed by atoms with Crippen LogP contribution in [0.1, 0.15) is 0 Å². The summed E-state index contributed by atoms with van der Waals surface area (Å²) in [5.74, 6) is 0.342. The molecule has 0 aromatic heterocycles. The van der Waals surface area contributed by atoms with Crippen LogP contribution in [-0.4, -0.2) is 13.9 Å². The van der Waals surface area contributed by atoms with E-state index in [1.807, 2.05) is 6.08 Å². The van der Waals surface area contributed by atoms with E-state index in [9.17, 15) is 4.79 Å². The molecule has 0 aliphatic heterocycles. The molecule has 50 valence electrons. The molecule has 1 nitrogen and oxygen atoms in total. The van der Waals surface area contributed by atoms with E-state index < -0.39 is 8.07 Å². The summed E-state index contributed by atoms with van der Waals surface area (Å²) in [5.41, 5.74) is 0.317. The molecule has 0 bridgehead atoms. The molecule has 2 heteroatoms. The van der Waals surface area contributed by atoms with Crippen LogP contribution < -0.4 is 0 Å². The Hall–Kier alpha value is -0.373. The van der Waals surface area contributed by atoms with Crippen LogP contribution in [0.25, 0.3) is 0 Å². The number of hydrogen-bond acceptors (Lipinski definition) is 1. The molecule has 1 unspecified atom stereocenters. The van der Waals surface area contributed by atoms with Crippen LogP contribution in [0.15, 0.2) is 12.2 Å². The van der Waals surface area contributed by atoms with Crippen molar-refractivity contribution in [3.63, 3.8) is 0 Å². The van der Waals surface area contributed by atoms with Crippen molar-refractivity contribution in [1.82, 2.24) is 0 Å². The average Bonchev–Trinajstić information content (AvgIpc) is 1.57. The van der Waals surface area contributed by atoms with Gasteiger partial charge in [-0.25, -0.2) is 0 Å². The first-order chi connectivity index (χ1) is 4.02. The summed E-state index contributed by atoms with van der Waals surface area (Å²) in [6.07, 6.45) is 3.72. The molecule has 1 aliphatic rings. The molecule has 1 atom stereocenters. The van der Waals surface area contributed by atoms with Gasteiger partial charge in [-0.2, -0.15) is 0 Å². The molecule has 0 N–H and O–H groups in total. The summed E-state index contributed by atoms with van der Waals surface area (Å²) >= 11 is 0. The first-order valence-electron chi connectivity index (χ1n) is 3.24. The van der Waals surface area contributed by atoms with Crippen LogP contribution in [0.2, 0.25) is 25.2 Å². The van der Waals surface area contributed by atoms with Crippen LogP contribution in [-0.2, 0) is 4.79 Å². The van der Waals surface area contributed by atoms with Gasteiger partial charge in [-0.05, 0) is 6.08 Å². The molecule has 0 aromatic rings. The molecule has 0 spiro atoms. The van der Waals surface area contributed by atoms with Crippen molar-refractivity contribution in [2.24, 2.45) is 0 Å². The summed E-state index contributed by atoms with van der Waals surface area (Å²) < 4.78 is 0. The maximum atomic E-state index is 10.8. The van der Waals surface area contributed by atoms with Gasteiger partial charge in [0.15, 0.2) is 5.78 Å². The molecule has 0 heterocycles. The normalized spacial score (nSPS) is 26.1. The van der Waals surface area contributed by atoms with Gasteiger partial charge in [-0.3, -0.25) is 4.79 Å². The zero-order valence-corrected chi connectivity index (χ0v) is 7.14. The van der Waals surface area contributed by atoms with E-state index in [-0.39, 0.29) is 0 Å². The summed E-state index contributed by atoms with van der Waals surface area (Å²) in [4.78, 5) is 10.8. The molecule has 0 fully saturated rings. The Balaban J connectivity index is 2.67. The molecular formula is C7H12OSi. The molecule has 1 aliphatic carbocycles. The average molecular weight is 140 g/mol. The minimum atomic E-state index is -1.17. The summed E-state index contributed by atoms with van der Waals surface area (Å²) in [6, 6.07) is 0. The highest BCUT2D eigenvalue weighted by Crippen LogP contribution is 2.30. The summed E-state index contributed by atoms with van der Waals surface area (Å²) in [5, 5.41) is 0. The lowest BCUT2D eigenvalue weighted by Crippen LogP contribution is -2.35. The number of carbonyl (C=O) groups is 1. The Labute approximate surface area is 56.8 Å². The number of hydrogen-bond donors (Lipinski definition) is 0. The summed E-state index contributed by atoms with van der Waals surface area (Å²) in [6.45, 7) is 6.66. The van der Waals surface area contributed by atoms with Crippen molar-refractivity contribution in [2.45, 2.75) is 25.2 Å². The Morgan fingerprint density at radius 2 is 2.00 bits per heavy atom. The quantitative estimate of drug-likeness (QED) is 0.508. The van der Waals surface area contributed by atoms with Crippen LogP contribution in [0.4, 0.5) is 0 Å². The van der Waals surface area contributed by atoms with E-state index in [0.29, 0.717) is 11.3 Å². The second-order valence-corrected chi connectivity index (χ2v) is 8.96. The molecule has 9 heavy (non-hydrogen) atoms. The fourth-order valence-corrected chi connectivity index (χ4v) is 2.61. The SMILES string of the molecule is C[Si](C)(C)C1C=CC1=O. The topological polar surface area (TPSA) is 17.1 Å². The molecule has 1 rings (SSSR count). The van der Waals surface area contributed by atoms with Crippen molar-refractivity contribution in [3.05, 3.63) is 12.2 Å². The van der Waals surface area contributed by atoms with Crippen molar-refractivity contribution in [1.29, 1.82) is 0 Å². The van der Waals surface area contributed by atoms with Crippen LogP contribution in [0, 0.1) is 0 Å². The second-order valence-electron chi connectivity index (χ2n) is 3.61. The van der Waals surface area contributed by atoms with Gasteiger partial charge in [0.05, 0.1) is 8.07 Å². The van der Waals surface area contributed by atoms with E-state index in [2.05, 4.69) is 19.6 Å². The van der Waals surface area contributed by atoms with E-state index in [4.69, 9.17) is 0 Å². The molecule has 0 amide bonds. The van der Waals surface area contributed by atoms with Gasteiger partial charge in [0.25, 0.3) is 0 Å². The number of rotatable bonds is 1. The molecule has 0 saturated carbocycles. The minimum Gasteiger partial charge on any atom is -0.295 e. The van der Waals surface area contributed by atoms with Crippen molar-refractivity contribution < 1.29 is 4.79 Å². The fraction of sp³-hybridized carbons (Fsp3) is 0.571. The first kappa shape index (κ1) is 6.74. The maximum Gasteiger partial charge on any atom is 0.159 e. The van der Waals surface area contributed by atoms with E-state index in [1.54, 1.807) is 6.08 Å². The standard InChI is InChI=1S/C7H12OSi/c1-9(2,3)7-5-4-6(7)8/h4-5,7H,1-3H3. The zero-order valence-electron chi connectivity index (χ0n) is 6.14. The van der Waals surface area contributed by atoms with Gasteiger partial charge in [0.1, 0.15) is 0 Å². The van der Waals surface area contributed by atoms with Gasteiger partial charge in [-0.15, -0.1) is 0 Å². The highest BCUT2D eigenvalue weighted by Gasteiger charge is 2.33. The minimum absolute atomic E-state index is 0.317. The number of allylic oxidation sites excluding steroid dienone is 2. The van der Waals surface area contributed by atoms with Crippen molar-refractivity contribution >= 4 is 13.9 Å². The van der Waals surface area contributed by atoms with Gasteiger partial charge in [-0.1, -0.05) is 25.7 Å². The van der Waals surface area contributed by atoms with Gasteiger partial charge in [0, 0.05) is 5.54 Å². The number of carbonyl (C=O) groups excluding carboxylic acids is 1. The predicted molar refractivity (Wildman–Crippen MR) is 41.2 cm³/mol. The van der Waals surface area contributed by atoms with Crippen LogP contribution in [0.3, 0.4) is 0 Å². The Morgan fingerprint density at radius 3 is 2.00 bits per heavy atom. The lowest BCUT2D eigenvalue weighted by molar-refractivity contribution is -0.115. The van der Waals surface area contributed by atoms with Crippen molar-refractivity contribution in [2.75, 3.05) is 0 Å². The molecule has 0 aromatic carbocycles. The predicted octanol–water partition coefficient (Wildman–Crippen LogP) is 1.83. The van der Waals surface area contributed by atoms with Gasteiger partial charge >= 0.3 is 0 Å². The number of ketones is 1. The van der Waals surface area contributed by atoms with Gasteiger partial charge in [0.2, 0.25) is 0 Å². The third-order valence-corrected chi connectivity index (χ3v) is 4.04. The third kappa shape index (κ3) is 1.13. The second kappa shape index (κ2) is 1.80. The van der Waals surface area contributed by atoms with Crippen molar-refractivity contribution in [3.8, 4) is 0 Å². The van der Waals surface area contributed by atoms with Crippen LogP contribution in [0.5, 0.6) is 0 Å². The van der Waals surface area contributed by atoms with Gasteiger partial charge < -0.3 is 0 Å². The Morgan fingerprint density at radius 1 is 1.44 bits per heavy atom. The smallest absolute Gasteiger partial charge is 0.159 e. The highest BCUT2D eigenvalue weighted by atomic mass is 28.3. The zero-order chi connectivity index (χ0) is 7.07. The first-order valence-corrected chi connectivity index (χ1v) is 6.81. The molecular weight excluding hydrogens is 128 g/mol. The lowest BCUT2D eigenvalue weighted by Gasteiger charge is -2.28. The lowest BCUT2D eigenvalue weighted by atomic mass is 10.1. The van der Waals surface area contributed by atoms with E-state index >= 15 is 0 Å². The monoisotopic (exact) mass is 140 g/mol. The molecule has 0 saturated heterocycles. The summed E-state index contributed by atoms with van der Waals surface area (Å²) in [7, 11) is -1.17. The van der Waals surface area contributed by atoms with Crippen LogP contribution >= 0.6 is 0 Å². The van der Waals surface area contributed by atoms with E-state index in [1.165, 1.54) is 0 Å². The maximum absolute atomic E-state index is 10.8. The Bertz CT molecular complexity index is 164. The third-order valence-electron chi connectivity index (χ3n) is 1.69. The van der Waals surface area contributed by atoms with E-state index in [0.717, 1.165) is 0 Å². The molecule has 0 radical (unpaired) electrons. The fourth-order valence-electron chi connectivity index (χ4n) is 0.986. The highest BCUT2D eigenvalue weighted by molar-refractivity contribution is 6.82.